The van der Waals surface area contributed by atoms with Gasteiger partial charge in [-0.3, -0.25) is 20.4 Å². The number of hydrogen-bond donors (Lipinski definition) is 2. The van der Waals surface area contributed by atoms with Crippen LogP contribution in [0.3, 0.4) is 0 Å². The van der Waals surface area contributed by atoms with Crippen LogP contribution in [0.25, 0.3) is 10.9 Å². The maximum Gasteiger partial charge on any atom is 0.288 e. The fourth-order valence-corrected chi connectivity index (χ4v) is 2.58. The summed E-state index contributed by atoms with van der Waals surface area (Å²) in [7, 11) is 0. The van der Waals surface area contributed by atoms with Gasteiger partial charge in [0.2, 0.25) is 0 Å². The molecule has 2 amide bonds. The second-order valence-electron chi connectivity index (χ2n) is 6.00. The number of rotatable bonds is 4. The van der Waals surface area contributed by atoms with Crippen LogP contribution in [0.5, 0.6) is 5.75 Å². The van der Waals surface area contributed by atoms with Crippen molar-refractivity contribution in [1.29, 1.82) is 0 Å². The fourth-order valence-electron chi connectivity index (χ4n) is 2.58. The number of hydrogen-bond acceptors (Lipinski definition) is 4. The van der Waals surface area contributed by atoms with E-state index < -0.39 is 11.8 Å². The number of aromatic nitrogens is 1. The minimum absolute atomic E-state index is 0.200. The summed E-state index contributed by atoms with van der Waals surface area (Å²) in [4.78, 5) is 28.3. The van der Waals surface area contributed by atoms with Crippen molar-refractivity contribution in [3.05, 3.63) is 71.4 Å². The molecule has 0 spiro atoms. The van der Waals surface area contributed by atoms with Crippen LogP contribution < -0.4 is 15.6 Å². The second kappa shape index (κ2) is 7.65. The third-order valence-electron chi connectivity index (χ3n) is 3.71. The van der Waals surface area contributed by atoms with Crippen LogP contribution in [0.4, 0.5) is 0 Å². The quantitative estimate of drug-likeness (QED) is 0.710. The summed E-state index contributed by atoms with van der Waals surface area (Å²) >= 11 is 0. The summed E-state index contributed by atoms with van der Waals surface area (Å²) in [6, 6.07) is 16.6. The van der Waals surface area contributed by atoms with Gasteiger partial charge in [-0.25, -0.2) is 4.98 Å². The first-order valence-corrected chi connectivity index (χ1v) is 8.17. The number of amides is 2. The third kappa shape index (κ3) is 4.36. The molecule has 132 valence electrons. The molecular weight excluding hydrogens is 330 g/mol. The van der Waals surface area contributed by atoms with Gasteiger partial charge in [0.05, 0.1) is 5.52 Å². The lowest BCUT2D eigenvalue weighted by Crippen LogP contribution is -2.44. The number of hydrazine groups is 1. The summed E-state index contributed by atoms with van der Waals surface area (Å²) in [6.45, 7) is 3.71. The van der Waals surface area contributed by atoms with E-state index in [1.54, 1.807) is 6.07 Å². The standard InChI is InChI=1S/C20H19N3O3/c1-13-9-14(2)11-16(10-13)26-12-19(24)22-23-20(25)18-8-7-15-5-3-4-6-17(15)21-18/h3-11H,12H2,1-2H3,(H,22,24)(H,23,25). The molecule has 2 aromatic carbocycles. The van der Waals surface area contributed by atoms with Crippen molar-refractivity contribution in [2.45, 2.75) is 13.8 Å². The highest BCUT2D eigenvalue weighted by Gasteiger charge is 2.10. The van der Waals surface area contributed by atoms with E-state index in [4.69, 9.17) is 4.74 Å². The lowest BCUT2D eigenvalue weighted by atomic mass is 10.1. The molecule has 0 bridgehead atoms. The molecule has 0 saturated carbocycles. The minimum atomic E-state index is -0.490. The Kier molecular flexibility index (Phi) is 5.12. The number of fused-ring (bicyclic) bond motifs is 1. The van der Waals surface area contributed by atoms with Crippen molar-refractivity contribution >= 4 is 22.7 Å². The Balaban J connectivity index is 1.53. The first-order chi connectivity index (χ1) is 12.5. The smallest absolute Gasteiger partial charge is 0.288 e. The molecule has 3 aromatic rings. The van der Waals surface area contributed by atoms with Gasteiger partial charge in [-0.15, -0.1) is 0 Å². The Labute approximate surface area is 151 Å². The zero-order valence-electron chi connectivity index (χ0n) is 14.6. The van der Waals surface area contributed by atoms with Crippen molar-refractivity contribution < 1.29 is 14.3 Å². The number of benzene rings is 2. The van der Waals surface area contributed by atoms with Crippen LogP contribution >= 0.6 is 0 Å². The molecule has 0 aliphatic rings. The summed E-state index contributed by atoms with van der Waals surface area (Å²) in [5.41, 5.74) is 7.70. The van der Waals surface area contributed by atoms with Gasteiger partial charge in [0.1, 0.15) is 11.4 Å². The van der Waals surface area contributed by atoms with Crippen molar-refractivity contribution in [1.82, 2.24) is 15.8 Å². The summed E-state index contributed by atoms with van der Waals surface area (Å²) < 4.78 is 5.45. The van der Waals surface area contributed by atoms with Crippen LogP contribution in [-0.2, 0) is 4.79 Å². The van der Waals surface area contributed by atoms with E-state index in [1.807, 2.05) is 62.4 Å². The molecule has 1 heterocycles. The van der Waals surface area contributed by atoms with Gasteiger partial charge in [-0.1, -0.05) is 30.3 Å². The molecule has 3 rings (SSSR count). The first kappa shape index (κ1) is 17.4. The average molecular weight is 349 g/mol. The molecule has 0 saturated heterocycles. The Morgan fingerprint density at radius 2 is 1.69 bits per heavy atom. The predicted octanol–water partition coefficient (Wildman–Crippen LogP) is 2.69. The Morgan fingerprint density at radius 3 is 2.46 bits per heavy atom. The average Bonchev–Trinajstić information content (AvgIpc) is 2.63. The van der Waals surface area contributed by atoms with Gasteiger partial charge in [0, 0.05) is 5.39 Å². The van der Waals surface area contributed by atoms with Crippen molar-refractivity contribution in [2.24, 2.45) is 0 Å². The molecule has 0 unspecified atom stereocenters. The van der Waals surface area contributed by atoms with Gasteiger partial charge >= 0.3 is 0 Å². The van der Waals surface area contributed by atoms with E-state index in [1.165, 1.54) is 0 Å². The Hall–Kier alpha value is -3.41. The highest BCUT2D eigenvalue weighted by atomic mass is 16.5. The van der Waals surface area contributed by atoms with E-state index in [-0.39, 0.29) is 12.3 Å². The molecule has 0 atom stereocenters. The molecule has 0 fully saturated rings. The van der Waals surface area contributed by atoms with Crippen LogP contribution in [0.15, 0.2) is 54.6 Å². The van der Waals surface area contributed by atoms with E-state index >= 15 is 0 Å². The monoisotopic (exact) mass is 349 g/mol. The second-order valence-corrected chi connectivity index (χ2v) is 6.00. The number of ether oxygens (including phenoxy) is 1. The third-order valence-corrected chi connectivity index (χ3v) is 3.71. The lowest BCUT2D eigenvalue weighted by Gasteiger charge is -2.10. The van der Waals surface area contributed by atoms with Crippen LogP contribution in [-0.4, -0.2) is 23.4 Å². The SMILES string of the molecule is Cc1cc(C)cc(OCC(=O)NNC(=O)c2ccc3ccccc3n2)c1. The molecule has 6 nitrogen and oxygen atoms in total. The number of nitrogens with zero attached hydrogens (tertiary/aromatic N) is 1. The van der Waals surface area contributed by atoms with Crippen LogP contribution in [0.2, 0.25) is 0 Å². The summed E-state index contributed by atoms with van der Waals surface area (Å²) in [5, 5.41) is 0.940. The van der Waals surface area contributed by atoms with E-state index in [0.717, 1.165) is 16.5 Å². The number of pyridine rings is 1. The first-order valence-electron chi connectivity index (χ1n) is 8.17. The minimum Gasteiger partial charge on any atom is -0.484 e. The number of carbonyl (C=O) groups excluding carboxylic acids is 2. The Bertz CT molecular complexity index is 949. The van der Waals surface area contributed by atoms with Crippen LogP contribution in [0.1, 0.15) is 21.6 Å². The lowest BCUT2D eigenvalue weighted by molar-refractivity contribution is -0.123. The van der Waals surface area contributed by atoms with E-state index in [0.29, 0.717) is 11.3 Å². The fraction of sp³-hybridized carbons (Fsp3) is 0.150. The molecule has 0 aliphatic heterocycles. The van der Waals surface area contributed by atoms with Gasteiger partial charge in [0.25, 0.3) is 11.8 Å². The highest BCUT2D eigenvalue weighted by molar-refractivity contribution is 5.95. The number of nitrogens with one attached hydrogen (secondary N) is 2. The Morgan fingerprint density at radius 1 is 0.962 bits per heavy atom. The number of carbonyl (C=O) groups is 2. The summed E-state index contributed by atoms with van der Waals surface area (Å²) in [6.07, 6.45) is 0. The molecular formula is C20H19N3O3. The zero-order valence-corrected chi connectivity index (χ0v) is 14.6. The highest BCUT2D eigenvalue weighted by Crippen LogP contribution is 2.16. The number of aryl methyl sites for hydroxylation is 2. The predicted molar refractivity (Wildman–Crippen MR) is 98.8 cm³/mol. The van der Waals surface area contributed by atoms with Crippen LogP contribution in [0, 0.1) is 13.8 Å². The molecule has 1 aromatic heterocycles. The van der Waals surface area contributed by atoms with E-state index in [9.17, 15) is 9.59 Å². The largest absolute Gasteiger partial charge is 0.484 e. The van der Waals surface area contributed by atoms with Gasteiger partial charge in [-0.05, 0) is 49.2 Å². The molecule has 6 heteroatoms. The number of para-hydroxylation sites is 1. The van der Waals surface area contributed by atoms with Gasteiger partial charge in [0.15, 0.2) is 6.61 Å². The summed E-state index contributed by atoms with van der Waals surface area (Å²) in [5.74, 6) is -0.339. The normalized spacial score (nSPS) is 10.4. The molecule has 0 aliphatic carbocycles. The topological polar surface area (TPSA) is 80.3 Å². The molecule has 0 radical (unpaired) electrons. The molecule has 2 N–H and O–H groups in total. The maximum absolute atomic E-state index is 12.1. The zero-order chi connectivity index (χ0) is 18.5. The molecule has 26 heavy (non-hydrogen) atoms. The van der Waals surface area contributed by atoms with Crippen molar-refractivity contribution in [2.75, 3.05) is 6.61 Å². The van der Waals surface area contributed by atoms with Crippen molar-refractivity contribution in [3.63, 3.8) is 0 Å². The van der Waals surface area contributed by atoms with Crippen molar-refractivity contribution in [3.8, 4) is 5.75 Å². The van der Waals surface area contributed by atoms with Gasteiger partial charge < -0.3 is 4.74 Å². The van der Waals surface area contributed by atoms with Gasteiger partial charge in [-0.2, -0.15) is 0 Å². The van der Waals surface area contributed by atoms with E-state index in [2.05, 4.69) is 15.8 Å². The maximum atomic E-state index is 12.1.